The second kappa shape index (κ2) is 11.5. The molecule has 1 saturated heterocycles. The van der Waals surface area contributed by atoms with Gasteiger partial charge in [-0.2, -0.15) is 8.78 Å². The minimum absolute atomic E-state index is 0.131. The molecule has 0 spiro atoms. The molecule has 6 nitrogen and oxygen atoms in total. The maximum Gasteiger partial charge on any atom is 0.387 e. The van der Waals surface area contributed by atoms with Gasteiger partial charge in [-0.1, -0.05) is 36.4 Å². The first-order valence-electron chi connectivity index (χ1n) is 10.5. The van der Waals surface area contributed by atoms with Crippen LogP contribution < -0.4 is 20.1 Å². The molecule has 1 fully saturated rings. The highest BCUT2D eigenvalue weighted by atomic mass is 19.3. The van der Waals surface area contributed by atoms with E-state index in [0.717, 1.165) is 24.4 Å². The molecule has 0 saturated carbocycles. The summed E-state index contributed by atoms with van der Waals surface area (Å²) in [5, 5.41) is 6.57. The lowest BCUT2D eigenvalue weighted by molar-refractivity contribution is -0.0504. The minimum Gasteiger partial charge on any atom is -0.496 e. The number of para-hydroxylation sites is 2. The number of halogens is 2. The van der Waals surface area contributed by atoms with Crippen LogP contribution in [-0.4, -0.2) is 51.3 Å². The molecule has 168 valence electrons. The van der Waals surface area contributed by atoms with Gasteiger partial charge in [0.25, 0.3) is 0 Å². The number of hydrogen-bond acceptors (Lipinski definition) is 4. The molecule has 0 aliphatic carbocycles. The summed E-state index contributed by atoms with van der Waals surface area (Å²) in [6.45, 7) is 0.158. The van der Waals surface area contributed by atoms with Crippen LogP contribution in [0.1, 0.15) is 30.0 Å². The Morgan fingerprint density at radius 2 is 1.71 bits per heavy atom. The van der Waals surface area contributed by atoms with Crippen LogP contribution in [0, 0.1) is 0 Å². The van der Waals surface area contributed by atoms with Gasteiger partial charge in [-0.05, 0) is 38.1 Å². The summed E-state index contributed by atoms with van der Waals surface area (Å²) >= 11 is 0. The summed E-state index contributed by atoms with van der Waals surface area (Å²) in [6.07, 6.45) is 2.36. The third kappa shape index (κ3) is 6.30. The third-order valence-electron chi connectivity index (χ3n) is 5.40. The van der Waals surface area contributed by atoms with Crippen molar-refractivity contribution >= 4 is 5.96 Å². The van der Waals surface area contributed by atoms with Crippen molar-refractivity contribution in [2.75, 3.05) is 33.8 Å². The molecular weight excluding hydrogens is 402 g/mol. The van der Waals surface area contributed by atoms with Crippen LogP contribution in [0.3, 0.4) is 0 Å². The highest BCUT2D eigenvalue weighted by Crippen LogP contribution is 2.31. The number of guanidine groups is 1. The average Bonchev–Trinajstić information content (AvgIpc) is 3.31. The zero-order chi connectivity index (χ0) is 22.1. The van der Waals surface area contributed by atoms with E-state index in [0.29, 0.717) is 24.6 Å². The van der Waals surface area contributed by atoms with Gasteiger partial charge in [0, 0.05) is 31.3 Å². The first-order chi connectivity index (χ1) is 15.1. The van der Waals surface area contributed by atoms with Gasteiger partial charge in [0.1, 0.15) is 11.5 Å². The molecule has 31 heavy (non-hydrogen) atoms. The van der Waals surface area contributed by atoms with Crippen molar-refractivity contribution in [2.45, 2.75) is 32.0 Å². The highest BCUT2D eigenvalue weighted by molar-refractivity contribution is 5.79. The van der Waals surface area contributed by atoms with Crippen molar-refractivity contribution in [2.24, 2.45) is 4.99 Å². The number of hydrogen-bond donors (Lipinski definition) is 2. The number of rotatable bonds is 9. The van der Waals surface area contributed by atoms with Crippen LogP contribution in [0.5, 0.6) is 11.5 Å². The third-order valence-corrected chi connectivity index (χ3v) is 5.40. The van der Waals surface area contributed by atoms with Gasteiger partial charge in [-0.25, -0.2) is 0 Å². The fourth-order valence-electron chi connectivity index (χ4n) is 3.88. The molecule has 0 bridgehead atoms. The Balaban J connectivity index is 1.66. The fraction of sp³-hybridized carbons (Fsp3) is 0.435. The van der Waals surface area contributed by atoms with E-state index in [1.807, 2.05) is 18.2 Å². The van der Waals surface area contributed by atoms with E-state index in [1.165, 1.54) is 18.9 Å². The number of ether oxygens (including phenoxy) is 2. The van der Waals surface area contributed by atoms with Crippen LogP contribution in [0.15, 0.2) is 53.5 Å². The van der Waals surface area contributed by atoms with E-state index in [2.05, 4.69) is 31.3 Å². The monoisotopic (exact) mass is 432 g/mol. The van der Waals surface area contributed by atoms with Crippen molar-refractivity contribution in [1.29, 1.82) is 0 Å². The van der Waals surface area contributed by atoms with Gasteiger partial charge in [-0.15, -0.1) is 0 Å². The molecule has 1 unspecified atom stereocenters. The minimum atomic E-state index is -2.86. The summed E-state index contributed by atoms with van der Waals surface area (Å²) in [7, 11) is 3.37. The lowest BCUT2D eigenvalue weighted by atomic mass is 10.0. The van der Waals surface area contributed by atoms with Gasteiger partial charge in [0.15, 0.2) is 5.96 Å². The normalized spacial score (nSPS) is 15.7. The van der Waals surface area contributed by atoms with E-state index < -0.39 is 6.61 Å². The maximum atomic E-state index is 12.7. The fourth-order valence-corrected chi connectivity index (χ4v) is 3.88. The quantitative estimate of drug-likeness (QED) is 0.466. The topological polar surface area (TPSA) is 58.1 Å². The van der Waals surface area contributed by atoms with Crippen molar-refractivity contribution < 1.29 is 18.3 Å². The molecule has 3 rings (SSSR count). The Hall–Kier alpha value is -2.87. The SMILES string of the molecule is CN=C(NCc1ccccc1OC(F)F)NCC(c1ccccc1OC)N1CCCC1. The molecular formula is C23H30F2N4O2. The van der Waals surface area contributed by atoms with Crippen LogP contribution >= 0.6 is 0 Å². The average molecular weight is 433 g/mol. The van der Waals surface area contributed by atoms with Gasteiger partial charge in [0.2, 0.25) is 0 Å². The van der Waals surface area contributed by atoms with Gasteiger partial charge in [-0.3, -0.25) is 9.89 Å². The molecule has 2 N–H and O–H groups in total. The number of likely N-dealkylation sites (tertiary alicyclic amines) is 1. The molecule has 0 aromatic heterocycles. The lowest BCUT2D eigenvalue weighted by Crippen LogP contribution is -2.42. The van der Waals surface area contributed by atoms with Crippen molar-refractivity contribution in [3.63, 3.8) is 0 Å². The predicted octanol–water partition coefficient (Wildman–Crippen LogP) is 3.80. The number of nitrogens with zero attached hydrogens (tertiary/aromatic N) is 2. The number of methoxy groups -OCH3 is 1. The second-order valence-corrected chi connectivity index (χ2v) is 7.29. The van der Waals surface area contributed by atoms with E-state index in [9.17, 15) is 8.78 Å². The number of alkyl halides is 2. The summed E-state index contributed by atoms with van der Waals surface area (Å²) < 4.78 is 35.5. The van der Waals surface area contributed by atoms with Crippen LogP contribution in [0.25, 0.3) is 0 Å². The van der Waals surface area contributed by atoms with E-state index in [1.54, 1.807) is 32.4 Å². The number of nitrogens with one attached hydrogen (secondary N) is 2. The Labute approximate surface area is 182 Å². The molecule has 2 aromatic rings. The summed E-state index contributed by atoms with van der Waals surface area (Å²) in [5.74, 6) is 1.61. The Morgan fingerprint density at radius 1 is 1.03 bits per heavy atom. The van der Waals surface area contributed by atoms with E-state index in [-0.39, 0.29) is 11.8 Å². The summed E-state index contributed by atoms with van der Waals surface area (Å²) in [5.41, 5.74) is 1.76. The van der Waals surface area contributed by atoms with Gasteiger partial charge < -0.3 is 20.1 Å². The highest BCUT2D eigenvalue weighted by Gasteiger charge is 2.26. The summed E-state index contributed by atoms with van der Waals surface area (Å²) in [6, 6.07) is 14.9. The second-order valence-electron chi connectivity index (χ2n) is 7.29. The maximum absolute atomic E-state index is 12.7. The van der Waals surface area contributed by atoms with Crippen LogP contribution in [0.4, 0.5) is 8.78 Å². The lowest BCUT2D eigenvalue weighted by Gasteiger charge is -2.30. The molecule has 1 aliphatic rings. The number of aliphatic imine (C=N–C) groups is 1. The largest absolute Gasteiger partial charge is 0.496 e. The van der Waals surface area contributed by atoms with Gasteiger partial charge in [0.05, 0.1) is 13.2 Å². The van der Waals surface area contributed by atoms with Crippen LogP contribution in [-0.2, 0) is 6.54 Å². The molecule has 0 amide bonds. The van der Waals surface area contributed by atoms with E-state index >= 15 is 0 Å². The molecule has 2 aromatic carbocycles. The van der Waals surface area contributed by atoms with E-state index in [4.69, 9.17) is 4.74 Å². The van der Waals surface area contributed by atoms with Crippen molar-refractivity contribution in [1.82, 2.24) is 15.5 Å². The Kier molecular flexibility index (Phi) is 8.46. The van der Waals surface area contributed by atoms with Gasteiger partial charge >= 0.3 is 6.61 Å². The van der Waals surface area contributed by atoms with Crippen molar-refractivity contribution in [3.8, 4) is 11.5 Å². The first-order valence-corrected chi connectivity index (χ1v) is 10.5. The Morgan fingerprint density at radius 3 is 2.39 bits per heavy atom. The predicted molar refractivity (Wildman–Crippen MR) is 118 cm³/mol. The smallest absolute Gasteiger partial charge is 0.387 e. The zero-order valence-electron chi connectivity index (χ0n) is 18.0. The standard InChI is InChI=1S/C23H30F2N4O2/c1-26-23(27-15-17-9-3-5-11-20(17)31-22(24)25)28-16-19(29-13-7-8-14-29)18-10-4-6-12-21(18)30-2/h3-6,9-12,19,22H,7-8,13-16H2,1-2H3,(H2,26,27,28). The first kappa shape index (κ1) is 22.8. The summed E-state index contributed by atoms with van der Waals surface area (Å²) in [4.78, 5) is 6.73. The van der Waals surface area contributed by atoms with Crippen LogP contribution in [0.2, 0.25) is 0 Å². The number of benzene rings is 2. The molecule has 8 heteroatoms. The Bertz CT molecular complexity index is 857. The zero-order valence-corrected chi connectivity index (χ0v) is 18.0. The molecule has 1 heterocycles. The molecule has 1 atom stereocenters. The molecule has 1 aliphatic heterocycles. The van der Waals surface area contributed by atoms with Crippen molar-refractivity contribution in [3.05, 3.63) is 59.7 Å². The molecule has 0 radical (unpaired) electrons.